The van der Waals surface area contributed by atoms with Gasteiger partial charge in [-0.15, -0.1) is 0 Å². The van der Waals surface area contributed by atoms with E-state index in [1.165, 1.54) is 23.1 Å². The van der Waals surface area contributed by atoms with Gasteiger partial charge in [-0.3, -0.25) is 4.79 Å². The van der Waals surface area contributed by atoms with Gasteiger partial charge in [-0.2, -0.15) is 0 Å². The minimum Gasteiger partial charge on any atom is -0.399 e. The highest BCUT2D eigenvalue weighted by molar-refractivity contribution is 6.31. The first-order valence-corrected chi connectivity index (χ1v) is 6.89. The summed E-state index contributed by atoms with van der Waals surface area (Å²) < 4.78 is 13.9. The Hall–Kier alpha value is -1.78. The van der Waals surface area contributed by atoms with Gasteiger partial charge in [0, 0.05) is 24.3 Å². The number of nitrogen functional groups attached to an aromatic ring is 1. The third kappa shape index (κ3) is 3.46. The van der Waals surface area contributed by atoms with E-state index in [2.05, 4.69) is 0 Å². The van der Waals surface area contributed by atoms with Gasteiger partial charge in [0.1, 0.15) is 0 Å². The highest BCUT2D eigenvalue weighted by atomic mass is 35.5. The molecule has 0 atom stereocenters. The van der Waals surface area contributed by atoms with Crippen molar-refractivity contribution in [2.24, 2.45) is 0 Å². The van der Waals surface area contributed by atoms with Crippen LogP contribution in [0, 0.1) is 5.82 Å². The number of rotatable bonds is 3. The Bertz CT molecular complexity index is 691. The summed E-state index contributed by atoms with van der Waals surface area (Å²) in [4.78, 5) is 13.6. The molecule has 0 bridgehead atoms. The van der Waals surface area contributed by atoms with Crippen molar-refractivity contribution in [1.82, 2.24) is 4.90 Å². The van der Waals surface area contributed by atoms with Gasteiger partial charge in [0.2, 0.25) is 0 Å². The SMILES string of the molecule is CN(Cc1cc(N)ccc1Cl)C(=O)c1cccc(Cl)c1F. The first-order valence-electron chi connectivity index (χ1n) is 6.13. The van der Waals surface area contributed by atoms with Crippen LogP contribution in [0.5, 0.6) is 0 Å². The van der Waals surface area contributed by atoms with Crippen LogP contribution < -0.4 is 5.73 Å². The van der Waals surface area contributed by atoms with E-state index in [9.17, 15) is 9.18 Å². The predicted molar refractivity (Wildman–Crippen MR) is 83.1 cm³/mol. The number of anilines is 1. The van der Waals surface area contributed by atoms with Gasteiger partial charge in [-0.1, -0.05) is 29.3 Å². The molecule has 2 rings (SSSR count). The van der Waals surface area contributed by atoms with Crippen LogP contribution in [-0.2, 0) is 6.54 Å². The van der Waals surface area contributed by atoms with E-state index < -0.39 is 11.7 Å². The molecule has 2 aromatic rings. The van der Waals surface area contributed by atoms with Gasteiger partial charge in [0.25, 0.3) is 5.91 Å². The molecule has 0 spiro atoms. The van der Waals surface area contributed by atoms with Crippen molar-refractivity contribution in [2.45, 2.75) is 6.54 Å². The number of hydrogen-bond acceptors (Lipinski definition) is 2. The van der Waals surface area contributed by atoms with Gasteiger partial charge < -0.3 is 10.6 Å². The molecule has 0 saturated heterocycles. The number of carbonyl (C=O) groups is 1. The second-order valence-corrected chi connectivity index (χ2v) is 5.43. The van der Waals surface area contributed by atoms with Crippen molar-refractivity contribution >= 4 is 34.8 Å². The van der Waals surface area contributed by atoms with Crippen LogP contribution in [0.25, 0.3) is 0 Å². The van der Waals surface area contributed by atoms with E-state index in [0.717, 1.165) is 0 Å². The topological polar surface area (TPSA) is 46.3 Å². The smallest absolute Gasteiger partial charge is 0.256 e. The van der Waals surface area contributed by atoms with Crippen LogP contribution >= 0.6 is 23.2 Å². The average Bonchev–Trinajstić information content (AvgIpc) is 2.45. The molecule has 6 heteroatoms. The van der Waals surface area contributed by atoms with E-state index in [-0.39, 0.29) is 17.1 Å². The molecular weight excluding hydrogens is 314 g/mol. The van der Waals surface area contributed by atoms with Gasteiger partial charge in [0.15, 0.2) is 5.82 Å². The van der Waals surface area contributed by atoms with E-state index in [4.69, 9.17) is 28.9 Å². The van der Waals surface area contributed by atoms with Gasteiger partial charge in [-0.05, 0) is 35.9 Å². The first kappa shape index (κ1) is 15.6. The molecular formula is C15H13Cl2FN2O. The molecule has 2 N–H and O–H groups in total. The maximum atomic E-state index is 13.9. The van der Waals surface area contributed by atoms with Crippen molar-refractivity contribution in [3.05, 3.63) is 63.4 Å². The van der Waals surface area contributed by atoms with Crippen LogP contribution in [0.15, 0.2) is 36.4 Å². The lowest BCUT2D eigenvalue weighted by Crippen LogP contribution is -2.27. The summed E-state index contributed by atoms with van der Waals surface area (Å²) in [6.45, 7) is 0.217. The molecule has 2 aromatic carbocycles. The molecule has 1 amide bonds. The Kier molecular flexibility index (Phi) is 4.70. The van der Waals surface area contributed by atoms with E-state index in [0.29, 0.717) is 16.3 Å². The summed E-state index contributed by atoms with van der Waals surface area (Å²) >= 11 is 11.7. The maximum absolute atomic E-state index is 13.9. The van der Waals surface area contributed by atoms with Gasteiger partial charge in [-0.25, -0.2) is 4.39 Å². The number of nitrogens with zero attached hydrogens (tertiary/aromatic N) is 1. The fourth-order valence-corrected chi connectivity index (χ4v) is 2.27. The highest BCUT2D eigenvalue weighted by Crippen LogP contribution is 2.23. The highest BCUT2D eigenvalue weighted by Gasteiger charge is 2.18. The van der Waals surface area contributed by atoms with Crippen molar-refractivity contribution in [3.63, 3.8) is 0 Å². The molecule has 0 unspecified atom stereocenters. The standard InChI is InChI=1S/C15H13Cl2FN2O/c1-20(8-9-7-10(19)5-6-12(9)16)15(21)11-3-2-4-13(17)14(11)18/h2-7H,8,19H2,1H3. The normalized spacial score (nSPS) is 10.5. The summed E-state index contributed by atoms with van der Waals surface area (Å²) in [5.74, 6) is -1.21. The van der Waals surface area contributed by atoms with Crippen molar-refractivity contribution in [3.8, 4) is 0 Å². The summed E-state index contributed by atoms with van der Waals surface area (Å²) in [6, 6.07) is 9.32. The molecule has 21 heavy (non-hydrogen) atoms. The summed E-state index contributed by atoms with van der Waals surface area (Å²) in [5.41, 5.74) is 6.85. The number of benzene rings is 2. The number of halogens is 3. The molecule has 0 aliphatic heterocycles. The van der Waals surface area contributed by atoms with Crippen LogP contribution in [0.4, 0.5) is 10.1 Å². The van der Waals surface area contributed by atoms with E-state index >= 15 is 0 Å². The lowest BCUT2D eigenvalue weighted by Gasteiger charge is -2.19. The fourth-order valence-electron chi connectivity index (χ4n) is 1.92. The van der Waals surface area contributed by atoms with Crippen LogP contribution in [-0.4, -0.2) is 17.9 Å². The number of carbonyl (C=O) groups excluding carboxylic acids is 1. The minimum atomic E-state index is -0.727. The monoisotopic (exact) mass is 326 g/mol. The molecule has 0 aromatic heterocycles. The number of amides is 1. The Balaban J connectivity index is 2.24. The lowest BCUT2D eigenvalue weighted by atomic mass is 10.1. The van der Waals surface area contributed by atoms with Crippen LogP contribution in [0.1, 0.15) is 15.9 Å². The van der Waals surface area contributed by atoms with E-state index in [1.807, 2.05) is 0 Å². The average molecular weight is 327 g/mol. The molecule has 0 aliphatic rings. The fraction of sp³-hybridized carbons (Fsp3) is 0.133. The Labute approximate surface area is 132 Å². The molecule has 0 saturated carbocycles. The number of hydrogen-bond donors (Lipinski definition) is 1. The third-order valence-corrected chi connectivity index (χ3v) is 3.67. The summed E-state index contributed by atoms with van der Waals surface area (Å²) in [6.07, 6.45) is 0. The predicted octanol–water partition coefficient (Wildman–Crippen LogP) is 3.99. The van der Waals surface area contributed by atoms with Gasteiger partial charge >= 0.3 is 0 Å². The molecule has 110 valence electrons. The summed E-state index contributed by atoms with van der Waals surface area (Å²) in [5, 5.41) is 0.409. The Morgan fingerprint density at radius 3 is 2.67 bits per heavy atom. The molecule has 0 heterocycles. The Morgan fingerprint density at radius 1 is 1.24 bits per heavy atom. The summed E-state index contributed by atoms with van der Waals surface area (Å²) in [7, 11) is 1.56. The van der Waals surface area contributed by atoms with Gasteiger partial charge in [0.05, 0.1) is 10.6 Å². The van der Waals surface area contributed by atoms with Crippen molar-refractivity contribution in [1.29, 1.82) is 0 Å². The number of nitrogens with two attached hydrogens (primary N) is 1. The quantitative estimate of drug-likeness (QED) is 0.867. The first-order chi connectivity index (χ1) is 9.90. The van der Waals surface area contributed by atoms with E-state index in [1.54, 1.807) is 25.2 Å². The van der Waals surface area contributed by atoms with Crippen molar-refractivity contribution in [2.75, 3.05) is 12.8 Å². The van der Waals surface area contributed by atoms with Crippen LogP contribution in [0.2, 0.25) is 10.0 Å². The maximum Gasteiger partial charge on any atom is 0.256 e. The second-order valence-electron chi connectivity index (χ2n) is 4.61. The third-order valence-electron chi connectivity index (χ3n) is 3.01. The largest absolute Gasteiger partial charge is 0.399 e. The zero-order chi connectivity index (χ0) is 15.6. The molecule has 3 nitrogen and oxygen atoms in total. The zero-order valence-corrected chi connectivity index (χ0v) is 12.7. The Morgan fingerprint density at radius 2 is 1.95 bits per heavy atom. The zero-order valence-electron chi connectivity index (χ0n) is 11.2. The van der Waals surface area contributed by atoms with Crippen molar-refractivity contribution < 1.29 is 9.18 Å². The van der Waals surface area contributed by atoms with Crippen LogP contribution in [0.3, 0.4) is 0 Å². The second kappa shape index (κ2) is 6.33. The molecule has 0 radical (unpaired) electrons. The molecule has 0 aliphatic carbocycles. The lowest BCUT2D eigenvalue weighted by molar-refractivity contribution is 0.0780. The minimum absolute atomic E-state index is 0.0787. The molecule has 0 fully saturated rings.